The van der Waals surface area contributed by atoms with Crippen LogP contribution < -0.4 is 4.74 Å². The van der Waals surface area contributed by atoms with Crippen LogP contribution in [0.2, 0.25) is 0 Å². The van der Waals surface area contributed by atoms with E-state index in [1.54, 1.807) is 19.2 Å². The summed E-state index contributed by atoms with van der Waals surface area (Å²) in [6, 6.07) is 11.1. The molecule has 0 aliphatic rings. The molecular weight excluding hydrogens is 479 g/mol. The van der Waals surface area contributed by atoms with Gasteiger partial charge in [-0.3, -0.25) is 0 Å². The lowest BCUT2D eigenvalue weighted by molar-refractivity contribution is 0.414. The van der Waals surface area contributed by atoms with Crippen LogP contribution in [-0.4, -0.2) is 17.6 Å². The third-order valence-corrected chi connectivity index (χ3v) is 4.29. The molecule has 0 aliphatic carbocycles. The van der Waals surface area contributed by atoms with E-state index in [1.807, 2.05) is 52.0 Å². The largest absolute Gasteiger partial charge is 0.508 e. The van der Waals surface area contributed by atoms with Crippen molar-refractivity contribution in [2.45, 2.75) is 27.7 Å². The van der Waals surface area contributed by atoms with Crippen molar-refractivity contribution in [1.29, 1.82) is 0 Å². The van der Waals surface area contributed by atoms with Gasteiger partial charge in [0.1, 0.15) is 11.5 Å². The molecule has 0 aromatic heterocycles. The highest BCUT2D eigenvalue weighted by Crippen LogP contribution is 2.21. The average Bonchev–Trinajstić information content (AvgIpc) is 2.57. The number of rotatable bonds is 1. The van der Waals surface area contributed by atoms with Gasteiger partial charge in [0.2, 0.25) is 0 Å². The summed E-state index contributed by atoms with van der Waals surface area (Å²) in [6.07, 6.45) is 0. The number of methoxy groups -OCH3 is 1. The van der Waals surface area contributed by atoms with Crippen molar-refractivity contribution < 1.29 is 9.84 Å². The molecule has 0 amide bonds. The number of aryl methyl sites for hydroxylation is 2. The quantitative estimate of drug-likeness (QED) is 0.405. The molecule has 2 nitrogen and oxygen atoms in total. The predicted molar refractivity (Wildman–Crippen MR) is 114 cm³/mol. The number of hydrogen-bond acceptors (Lipinski definition) is 2. The Morgan fingerprint density at radius 1 is 0.917 bits per heavy atom. The monoisotopic (exact) mass is 500 g/mol. The lowest BCUT2D eigenvalue weighted by atomic mass is 10.2. The van der Waals surface area contributed by atoms with E-state index in [2.05, 4.69) is 31.9 Å². The van der Waals surface area contributed by atoms with E-state index in [0.717, 1.165) is 20.3 Å². The topological polar surface area (TPSA) is 29.5 Å². The number of benzene rings is 2. The van der Waals surface area contributed by atoms with Gasteiger partial charge in [0.15, 0.2) is 0 Å². The third-order valence-electron chi connectivity index (χ3n) is 2.51. The van der Waals surface area contributed by atoms with E-state index in [0.29, 0.717) is 5.75 Å². The number of aromatic hydroxyl groups is 1. The first kappa shape index (κ1) is 25.8. The zero-order valence-corrected chi connectivity index (χ0v) is 19.2. The van der Waals surface area contributed by atoms with E-state index in [9.17, 15) is 0 Å². The van der Waals surface area contributed by atoms with Crippen molar-refractivity contribution >= 4 is 55.1 Å². The molecule has 0 aliphatic heterocycles. The van der Waals surface area contributed by atoms with E-state index in [1.165, 1.54) is 5.56 Å². The van der Waals surface area contributed by atoms with Crippen LogP contribution in [0.15, 0.2) is 45.3 Å². The minimum absolute atomic E-state index is 0.194. The molecule has 1 N–H and O–H groups in total. The van der Waals surface area contributed by atoms with Crippen LogP contribution >= 0.6 is 55.1 Å². The summed E-state index contributed by atoms with van der Waals surface area (Å²) < 4.78 is 7.18. The molecule has 0 atom stereocenters. The minimum Gasteiger partial charge on any atom is -0.508 e. The first-order chi connectivity index (χ1) is 11.3. The van der Waals surface area contributed by atoms with Gasteiger partial charge in [-0.15, -0.1) is 23.2 Å². The first-order valence-electron chi connectivity index (χ1n) is 7.22. The number of ether oxygens (including phenoxy) is 1. The summed E-state index contributed by atoms with van der Waals surface area (Å²) in [7, 11) is 1.67. The molecule has 0 bridgehead atoms. The molecule has 0 spiro atoms. The van der Waals surface area contributed by atoms with Gasteiger partial charge in [0.25, 0.3) is 0 Å². The third kappa shape index (κ3) is 12.0. The molecule has 0 radical (unpaired) electrons. The molecule has 0 saturated heterocycles. The zero-order chi connectivity index (χ0) is 19.1. The van der Waals surface area contributed by atoms with Crippen molar-refractivity contribution in [1.82, 2.24) is 0 Å². The molecule has 0 heterocycles. The lowest BCUT2D eigenvalue weighted by Gasteiger charge is -2.01. The Morgan fingerprint density at radius 3 is 1.67 bits per heavy atom. The van der Waals surface area contributed by atoms with Gasteiger partial charge in [0, 0.05) is 8.95 Å². The number of alkyl halides is 2. The molecule has 0 saturated carbocycles. The van der Waals surface area contributed by atoms with Crippen LogP contribution in [0, 0.1) is 13.8 Å². The molecular formula is C18H24Br2Cl2O2. The van der Waals surface area contributed by atoms with Crippen molar-refractivity contribution in [3.8, 4) is 11.5 Å². The summed E-state index contributed by atoms with van der Waals surface area (Å²) in [6.45, 7) is 7.97. The Morgan fingerprint density at radius 2 is 1.33 bits per heavy atom. The smallest absolute Gasteiger partial charge is 0.119 e. The number of halogens is 4. The predicted octanol–water partition coefficient (Wildman–Crippen LogP) is 7.68. The maximum absolute atomic E-state index is 8.92. The molecule has 24 heavy (non-hydrogen) atoms. The Labute approximate surface area is 172 Å². The number of phenolic OH excluding ortho intramolecular Hbond substituents is 1. The molecule has 136 valence electrons. The summed E-state index contributed by atoms with van der Waals surface area (Å²) in [5.74, 6) is 1.22. The van der Waals surface area contributed by atoms with Crippen molar-refractivity contribution in [2.75, 3.05) is 12.4 Å². The fourth-order valence-corrected chi connectivity index (χ4v) is 1.87. The van der Waals surface area contributed by atoms with Crippen LogP contribution in [0.4, 0.5) is 0 Å². The summed E-state index contributed by atoms with van der Waals surface area (Å²) >= 11 is 16.2. The van der Waals surface area contributed by atoms with Crippen LogP contribution in [0.25, 0.3) is 0 Å². The number of phenols is 1. The zero-order valence-electron chi connectivity index (χ0n) is 14.5. The standard InChI is InChI=1S/C8H9BrO.C7H7BrO.C2H6.CH2Cl2/c1-6-5-7(10-2)3-4-8(6)9;1-5-4-6(9)2-3-7(5)8;1-2;2-1-3/h3-5H,1-2H3;2-4,9H,1H3;1-2H3;1H2. The van der Waals surface area contributed by atoms with Crippen molar-refractivity contribution in [2.24, 2.45) is 0 Å². The maximum atomic E-state index is 8.92. The van der Waals surface area contributed by atoms with E-state index >= 15 is 0 Å². The van der Waals surface area contributed by atoms with Gasteiger partial charge < -0.3 is 9.84 Å². The Kier molecular flexibility index (Phi) is 17.3. The fourth-order valence-electron chi connectivity index (χ4n) is 1.37. The Bertz CT molecular complexity index is 579. The first-order valence-corrected chi connectivity index (χ1v) is 9.88. The second-order valence-electron chi connectivity index (χ2n) is 4.15. The van der Waals surface area contributed by atoms with Gasteiger partial charge >= 0.3 is 0 Å². The average molecular weight is 503 g/mol. The van der Waals surface area contributed by atoms with Crippen LogP contribution in [-0.2, 0) is 0 Å². The molecule has 2 aromatic carbocycles. The van der Waals surface area contributed by atoms with E-state index < -0.39 is 0 Å². The van der Waals surface area contributed by atoms with E-state index in [4.69, 9.17) is 33.0 Å². The van der Waals surface area contributed by atoms with Gasteiger partial charge in [0.05, 0.1) is 12.4 Å². The highest BCUT2D eigenvalue weighted by Gasteiger charge is 1.94. The fraction of sp³-hybridized carbons (Fsp3) is 0.333. The number of hydrogen-bond donors (Lipinski definition) is 1. The highest BCUT2D eigenvalue weighted by atomic mass is 79.9. The van der Waals surface area contributed by atoms with Crippen LogP contribution in [0.5, 0.6) is 11.5 Å². The molecule has 6 heteroatoms. The molecule has 2 aromatic rings. The van der Waals surface area contributed by atoms with Gasteiger partial charge in [-0.25, -0.2) is 0 Å². The molecule has 2 rings (SSSR count). The highest BCUT2D eigenvalue weighted by molar-refractivity contribution is 9.10. The lowest BCUT2D eigenvalue weighted by Crippen LogP contribution is -1.83. The van der Waals surface area contributed by atoms with Crippen molar-refractivity contribution in [3.05, 3.63) is 56.5 Å². The SMILES string of the molecule is CC.COc1ccc(Br)c(C)c1.Cc1cc(O)ccc1Br.ClCCl. The normalized spacial score (nSPS) is 8.54. The Hall–Kier alpha value is -0.420. The van der Waals surface area contributed by atoms with Crippen molar-refractivity contribution in [3.63, 3.8) is 0 Å². The van der Waals surface area contributed by atoms with E-state index in [-0.39, 0.29) is 5.34 Å². The summed E-state index contributed by atoms with van der Waals surface area (Å²) in [5.41, 5.74) is 2.24. The van der Waals surface area contributed by atoms with Gasteiger partial charge in [-0.05, 0) is 61.4 Å². The van der Waals surface area contributed by atoms with Crippen LogP contribution in [0.3, 0.4) is 0 Å². The minimum atomic E-state index is 0.194. The van der Waals surface area contributed by atoms with Gasteiger partial charge in [-0.1, -0.05) is 45.7 Å². The second kappa shape index (κ2) is 16.1. The molecule has 0 fully saturated rings. The maximum Gasteiger partial charge on any atom is 0.119 e. The second-order valence-corrected chi connectivity index (χ2v) is 6.67. The Balaban J connectivity index is 0. The van der Waals surface area contributed by atoms with Crippen LogP contribution in [0.1, 0.15) is 25.0 Å². The summed E-state index contributed by atoms with van der Waals surface area (Å²) in [4.78, 5) is 0. The summed E-state index contributed by atoms with van der Waals surface area (Å²) in [5, 5.41) is 9.11. The van der Waals surface area contributed by atoms with Gasteiger partial charge in [-0.2, -0.15) is 0 Å². The molecule has 0 unspecified atom stereocenters.